The number of hydrogen-bond acceptors (Lipinski definition) is 4. The summed E-state index contributed by atoms with van der Waals surface area (Å²) in [6.45, 7) is 6.31. The molecule has 4 heteroatoms. The van der Waals surface area contributed by atoms with Gasteiger partial charge in [-0.3, -0.25) is 0 Å². The van der Waals surface area contributed by atoms with E-state index in [1.807, 2.05) is 0 Å². The van der Waals surface area contributed by atoms with Gasteiger partial charge >= 0.3 is 0 Å². The van der Waals surface area contributed by atoms with Crippen LogP contribution in [0, 0.1) is 0 Å². The van der Waals surface area contributed by atoms with Gasteiger partial charge in [-0.1, -0.05) is 0 Å². The largest absolute Gasteiger partial charge is 0.377 e. The zero-order chi connectivity index (χ0) is 11.4. The van der Waals surface area contributed by atoms with Crippen molar-refractivity contribution in [2.45, 2.75) is 49.4 Å². The van der Waals surface area contributed by atoms with Gasteiger partial charge in [-0.25, -0.2) is 0 Å². The van der Waals surface area contributed by atoms with E-state index < -0.39 is 0 Å². The Bertz CT molecular complexity index is 191. The van der Waals surface area contributed by atoms with E-state index in [9.17, 15) is 0 Å². The minimum Gasteiger partial charge on any atom is -0.377 e. The molecule has 94 valence electrons. The third-order valence-corrected chi connectivity index (χ3v) is 6.59. The Morgan fingerprint density at radius 3 is 1.62 bits per heavy atom. The molecule has 2 aliphatic rings. The maximum atomic E-state index is 5.57. The van der Waals surface area contributed by atoms with Crippen molar-refractivity contribution in [3.8, 4) is 0 Å². The fourth-order valence-corrected chi connectivity index (χ4v) is 4.86. The standard InChI is InChI=1S/C12H22O2S2/c1-9-11(3-5-13-9)15-7-8-16-12-4-6-14-10(12)2/h9-12H,3-8H2,1-2H3/t9-,10+,11-,12-/m0/s1. The summed E-state index contributed by atoms with van der Waals surface area (Å²) in [6, 6.07) is 0. The average molecular weight is 262 g/mol. The van der Waals surface area contributed by atoms with E-state index >= 15 is 0 Å². The van der Waals surface area contributed by atoms with Crippen molar-refractivity contribution >= 4 is 23.5 Å². The third kappa shape index (κ3) is 3.56. The van der Waals surface area contributed by atoms with E-state index in [2.05, 4.69) is 37.4 Å². The lowest BCUT2D eigenvalue weighted by Gasteiger charge is -2.15. The Balaban J connectivity index is 1.54. The Morgan fingerprint density at radius 2 is 1.31 bits per heavy atom. The molecule has 0 saturated carbocycles. The fraction of sp³-hybridized carbons (Fsp3) is 1.00. The number of rotatable bonds is 5. The van der Waals surface area contributed by atoms with Gasteiger partial charge < -0.3 is 9.47 Å². The summed E-state index contributed by atoms with van der Waals surface area (Å²) in [5.74, 6) is 2.51. The van der Waals surface area contributed by atoms with E-state index in [1.165, 1.54) is 24.3 Å². The molecule has 0 amide bonds. The molecule has 2 fully saturated rings. The molecule has 2 saturated heterocycles. The average Bonchev–Trinajstić information content (AvgIpc) is 2.84. The van der Waals surface area contributed by atoms with E-state index in [4.69, 9.17) is 9.47 Å². The molecule has 0 aliphatic carbocycles. The molecule has 2 heterocycles. The first kappa shape index (κ1) is 13.1. The van der Waals surface area contributed by atoms with Crippen LogP contribution in [0.4, 0.5) is 0 Å². The fourth-order valence-electron chi connectivity index (χ4n) is 2.26. The highest BCUT2D eigenvalue weighted by Crippen LogP contribution is 2.30. The summed E-state index contributed by atoms with van der Waals surface area (Å²) in [7, 11) is 0. The minimum absolute atomic E-state index is 0.462. The molecule has 2 rings (SSSR count). The number of hydrogen-bond donors (Lipinski definition) is 0. The second-order valence-corrected chi connectivity index (χ2v) is 7.24. The zero-order valence-corrected chi connectivity index (χ0v) is 11.8. The summed E-state index contributed by atoms with van der Waals surface area (Å²) in [5.41, 5.74) is 0. The predicted octanol–water partition coefficient (Wildman–Crippen LogP) is 2.81. The topological polar surface area (TPSA) is 18.5 Å². The second kappa shape index (κ2) is 6.53. The molecule has 4 atom stereocenters. The van der Waals surface area contributed by atoms with Crippen LogP contribution < -0.4 is 0 Å². The summed E-state index contributed by atoms with van der Waals surface area (Å²) in [4.78, 5) is 0. The van der Waals surface area contributed by atoms with Crippen LogP contribution >= 0.6 is 23.5 Å². The summed E-state index contributed by atoms with van der Waals surface area (Å²) in [6.07, 6.45) is 3.39. The first-order valence-corrected chi connectivity index (χ1v) is 8.33. The molecule has 0 radical (unpaired) electrons. The molecule has 16 heavy (non-hydrogen) atoms. The van der Waals surface area contributed by atoms with E-state index in [0.29, 0.717) is 12.2 Å². The minimum atomic E-state index is 0.462. The Labute approximate surface area is 107 Å². The number of ether oxygens (including phenoxy) is 2. The molecule has 2 nitrogen and oxygen atoms in total. The van der Waals surface area contributed by atoms with Gasteiger partial charge in [0, 0.05) is 35.2 Å². The van der Waals surface area contributed by atoms with Gasteiger partial charge in [-0.15, -0.1) is 0 Å². The van der Waals surface area contributed by atoms with Crippen LogP contribution in [0.1, 0.15) is 26.7 Å². The quantitative estimate of drug-likeness (QED) is 0.709. The van der Waals surface area contributed by atoms with Crippen LogP contribution in [0.2, 0.25) is 0 Å². The van der Waals surface area contributed by atoms with Gasteiger partial charge in [0.25, 0.3) is 0 Å². The Hall–Kier alpha value is 0.620. The van der Waals surface area contributed by atoms with Gasteiger partial charge in [-0.2, -0.15) is 23.5 Å². The summed E-state index contributed by atoms with van der Waals surface area (Å²) < 4.78 is 11.1. The number of thioether (sulfide) groups is 2. The van der Waals surface area contributed by atoms with Crippen molar-refractivity contribution in [3.63, 3.8) is 0 Å². The zero-order valence-electron chi connectivity index (χ0n) is 10.2. The lowest BCUT2D eigenvalue weighted by atomic mass is 10.3. The first-order valence-electron chi connectivity index (χ1n) is 6.24. The van der Waals surface area contributed by atoms with E-state index in [1.54, 1.807) is 0 Å². The maximum Gasteiger partial charge on any atom is 0.0666 e. The molecule has 0 aromatic carbocycles. The van der Waals surface area contributed by atoms with Crippen molar-refractivity contribution in [1.82, 2.24) is 0 Å². The highest BCUT2D eigenvalue weighted by atomic mass is 32.2. The summed E-state index contributed by atoms with van der Waals surface area (Å²) in [5, 5.41) is 1.47. The molecule has 0 aromatic heterocycles. The maximum absolute atomic E-state index is 5.57. The Morgan fingerprint density at radius 1 is 0.875 bits per heavy atom. The van der Waals surface area contributed by atoms with Crippen LogP contribution in [0.5, 0.6) is 0 Å². The molecule has 2 aliphatic heterocycles. The van der Waals surface area contributed by atoms with Gasteiger partial charge in [0.05, 0.1) is 12.2 Å². The normalized spacial score (nSPS) is 39.4. The Kier molecular flexibility index (Phi) is 5.33. The van der Waals surface area contributed by atoms with Crippen molar-refractivity contribution in [3.05, 3.63) is 0 Å². The second-order valence-electron chi connectivity index (χ2n) is 4.55. The van der Waals surface area contributed by atoms with E-state index in [0.717, 1.165) is 23.7 Å². The van der Waals surface area contributed by atoms with Gasteiger partial charge in [0.15, 0.2) is 0 Å². The SMILES string of the molecule is C[C@@H]1OCC[C@@H]1SCCS[C@H]1CCO[C@@H]1C. The molecular weight excluding hydrogens is 240 g/mol. The molecule has 0 unspecified atom stereocenters. The monoisotopic (exact) mass is 262 g/mol. The van der Waals surface area contributed by atoms with Crippen molar-refractivity contribution in [1.29, 1.82) is 0 Å². The first-order chi connectivity index (χ1) is 7.77. The van der Waals surface area contributed by atoms with Gasteiger partial charge in [-0.05, 0) is 26.7 Å². The highest BCUT2D eigenvalue weighted by molar-refractivity contribution is 8.03. The lowest BCUT2D eigenvalue weighted by Crippen LogP contribution is -2.16. The van der Waals surface area contributed by atoms with Crippen LogP contribution in [0.3, 0.4) is 0 Å². The molecule has 0 bridgehead atoms. The van der Waals surface area contributed by atoms with Gasteiger partial charge in [0.1, 0.15) is 0 Å². The van der Waals surface area contributed by atoms with Crippen molar-refractivity contribution in [2.24, 2.45) is 0 Å². The van der Waals surface area contributed by atoms with Crippen LogP contribution in [-0.4, -0.2) is 47.4 Å². The molecule has 0 N–H and O–H groups in total. The smallest absolute Gasteiger partial charge is 0.0666 e. The predicted molar refractivity (Wildman–Crippen MR) is 72.6 cm³/mol. The summed E-state index contributed by atoms with van der Waals surface area (Å²) >= 11 is 4.18. The van der Waals surface area contributed by atoms with Crippen LogP contribution in [0.25, 0.3) is 0 Å². The van der Waals surface area contributed by atoms with Gasteiger partial charge in [0.2, 0.25) is 0 Å². The molecule has 0 spiro atoms. The van der Waals surface area contributed by atoms with Crippen molar-refractivity contribution < 1.29 is 9.47 Å². The van der Waals surface area contributed by atoms with E-state index in [-0.39, 0.29) is 0 Å². The lowest BCUT2D eigenvalue weighted by molar-refractivity contribution is 0.127. The molecule has 0 aromatic rings. The van der Waals surface area contributed by atoms with Crippen LogP contribution in [0.15, 0.2) is 0 Å². The third-order valence-electron chi connectivity index (χ3n) is 3.36. The highest BCUT2D eigenvalue weighted by Gasteiger charge is 2.26. The van der Waals surface area contributed by atoms with Crippen LogP contribution in [-0.2, 0) is 9.47 Å². The van der Waals surface area contributed by atoms with Crippen molar-refractivity contribution in [2.75, 3.05) is 24.7 Å². The molecular formula is C12H22O2S2.